The highest BCUT2D eigenvalue weighted by Crippen LogP contribution is 2.23. The van der Waals surface area contributed by atoms with Crippen molar-refractivity contribution in [1.29, 1.82) is 0 Å². The lowest BCUT2D eigenvalue weighted by Gasteiger charge is -2.22. The number of guanidine groups is 1. The fourth-order valence-corrected chi connectivity index (χ4v) is 2.94. The monoisotopic (exact) mass is 376 g/mol. The van der Waals surface area contributed by atoms with Gasteiger partial charge in [-0.2, -0.15) is 0 Å². The van der Waals surface area contributed by atoms with Crippen molar-refractivity contribution >= 4 is 5.96 Å². The standard InChI is InChI=1S/C20H29FN4O2/c1-6-22-20(23-13-14(2)19-15(3)24-27-16(19)4)25(5)11-12-26-18-10-8-7-9-17(18)21/h7-10,14H,6,11-13H2,1-5H3,(H,22,23). The van der Waals surface area contributed by atoms with Crippen LogP contribution in [0, 0.1) is 19.7 Å². The number of nitrogens with one attached hydrogen (secondary N) is 1. The van der Waals surface area contributed by atoms with Crippen LogP contribution in [-0.4, -0.2) is 49.3 Å². The Morgan fingerprint density at radius 2 is 2.11 bits per heavy atom. The van der Waals surface area contributed by atoms with Gasteiger partial charge in [0.2, 0.25) is 0 Å². The third kappa shape index (κ3) is 5.70. The Balaban J connectivity index is 1.94. The first kappa shape index (κ1) is 20.7. The molecule has 148 valence electrons. The van der Waals surface area contributed by atoms with Crippen molar-refractivity contribution in [3.05, 3.63) is 47.1 Å². The second-order valence-corrected chi connectivity index (χ2v) is 6.53. The van der Waals surface area contributed by atoms with Gasteiger partial charge < -0.3 is 19.5 Å². The number of aromatic nitrogens is 1. The Bertz CT molecular complexity index is 741. The molecule has 0 saturated carbocycles. The van der Waals surface area contributed by atoms with Crippen molar-refractivity contribution in [2.45, 2.75) is 33.6 Å². The van der Waals surface area contributed by atoms with Gasteiger partial charge >= 0.3 is 0 Å². The number of hydrogen-bond donors (Lipinski definition) is 1. The van der Waals surface area contributed by atoms with Crippen LogP contribution in [0.25, 0.3) is 0 Å². The van der Waals surface area contributed by atoms with Gasteiger partial charge in [-0.3, -0.25) is 4.99 Å². The summed E-state index contributed by atoms with van der Waals surface area (Å²) in [6, 6.07) is 6.41. The maximum Gasteiger partial charge on any atom is 0.193 e. The molecule has 0 fully saturated rings. The van der Waals surface area contributed by atoms with Crippen molar-refractivity contribution in [3.63, 3.8) is 0 Å². The lowest BCUT2D eigenvalue weighted by Crippen LogP contribution is -2.41. The molecule has 0 aliphatic rings. The summed E-state index contributed by atoms with van der Waals surface area (Å²) in [5.41, 5.74) is 2.02. The first-order valence-corrected chi connectivity index (χ1v) is 9.23. The average Bonchev–Trinajstić information content (AvgIpc) is 2.98. The second kappa shape index (κ2) is 9.94. The number of aliphatic imine (C=N–C) groups is 1. The second-order valence-electron chi connectivity index (χ2n) is 6.53. The molecule has 1 aromatic heterocycles. The molecule has 1 N–H and O–H groups in total. The normalized spacial score (nSPS) is 12.7. The predicted octanol–water partition coefficient (Wildman–Crippen LogP) is 3.51. The third-order valence-electron chi connectivity index (χ3n) is 4.31. The van der Waals surface area contributed by atoms with Crippen LogP contribution in [0.5, 0.6) is 5.75 Å². The largest absolute Gasteiger partial charge is 0.489 e. The molecule has 0 spiro atoms. The number of nitrogens with zero attached hydrogens (tertiary/aromatic N) is 3. The molecule has 2 aromatic rings. The van der Waals surface area contributed by atoms with Gasteiger partial charge in [0.1, 0.15) is 12.4 Å². The van der Waals surface area contributed by atoms with Crippen molar-refractivity contribution in [2.24, 2.45) is 4.99 Å². The van der Waals surface area contributed by atoms with E-state index < -0.39 is 0 Å². The van der Waals surface area contributed by atoms with Gasteiger partial charge in [0.25, 0.3) is 0 Å². The quantitative estimate of drug-likeness (QED) is 0.564. The Morgan fingerprint density at radius 3 is 2.74 bits per heavy atom. The predicted molar refractivity (Wildman–Crippen MR) is 105 cm³/mol. The first-order chi connectivity index (χ1) is 12.9. The first-order valence-electron chi connectivity index (χ1n) is 9.23. The number of ether oxygens (including phenoxy) is 1. The summed E-state index contributed by atoms with van der Waals surface area (Å²) in [6.07, 6.45) is 0. The van der Waals surface area contributed by atoms with E-state index in [9.17, 15) is 4.39 Å². The summed E-state index contributed by atoms with van der Waals surface area (Å²) in [5, 5.41) is 7.30. The molecule has 27 heavy (non-hydrogen) atoms. The highest BCUT2D eigenvalue weighted by Gasteiger charge is 2.17. The number of hydrogen-bond acceptors (Lipinski definition) is 4. The van der Waals surface area contributed by atoms with Crippen LogP contribution >= 0.6 is 0 Å². The molecule has 1 aromatic carbocycles. The van der Waals surface area contributed by atoms with Crippen molar-refractivity contribution < 1.29 is 13.7 Å². The maximum absolute atomic E-state index is 13.6. The molecule has 1 atom stereocenters. The van der Waals surface area contributed by atoms with E-state index >= 15 is 0 Å². The van der Waals surface area contributed by atoms with Crippen LogP contribution < -0.4 is 10.1 Å². The minimum atomic E-state index is -0.353. The minimum Gasteiger partial charge on any atom is -0.489 e. The van der Waals surface area contributed by atoms with E-state index in [1.165, 1.54) is 6.07 Å². The van der Waals surface area contributed by atoms with Gasteiger partial charge in [0, 0.05) is 31.6 Å². The molecule has 2 rings (SSSR count). The summed E-state index contributed by atoms with van der Waals surface area (Å²) in [6.45, 7) is 10.3. The molecule has 0 aliphatic heterocycles. The number of halogens is 1. The zero-order valence-electron chi connectivity index (χ0n) is 16.8. The molecule has 0 aliphatic carbocycles. The molecule has 0 saturated heterocycles. The maximum atomic E-state index is 13.6. The van der Waals surface area contributed by atoms with Crippen LogP contribution in [0.15, 0.2) is 33.8 Å². The zero-order valence-corrected chi connectivity index (χ0v) is 16.8. The number of para-hydroxylation sites is 1. The Hall–Kier alpha value is -2.57. The third-order valence-corrected chi connectivity index (χ3v) is 4.31. The van der Waals surface area contributed by atoms with Gasteiger partial charge in [-0.25, -0.2) is 4.39 Å². The van der Waals surface area contributed by atoms with E-state index in [1.807, 2.05) is 32.7 Å². The minimum absolute atomic E-state index is 0.202. The SMILES string of the molecule is CCNC(=NCC(C)c1c(C)noc1C)N(C)CCOc1ccccc1F. The van der Waals surface area contributed by atoms with Crippen molar-refractivity contribution in [1.82, 2.24) is 15.4 Å². The van der Waals surface area contributed by atoms with Crippen LogP contribution in [0.4, 0.5) is 4.39 Å². The Kier molecular flexibility index (Phi) is 7.64. The smallest absolute Gasteiger partial charge is 0.193 e. The summed E-state index contributed by atoms with van der Waals surface area (Å²) in [7, 11) is 1.94. The summed E-state index contributed by atoms with van der Waals surface area (Å²) >= 11 is 0. The molecule has 1 unspecified atom stereocenters. The van der Waals surface area contributed by atoms with Crippen molar-refractivity contribution in [3.8, 4) is 5.75 Å². The van der Waals surface area contributed by atoms with E-state index in [0.717, 1.165) is 29.5 Å². The molecule has 1 heterocycles. The van der Waals surface area contributed by atoms with E-state index in [4.69, 9.17) is 14.3 Å². The molecule has 6 nitrogen and oxygen atoms in total. The molecule has 0 radical (unpaired) electrons. The lowest BCUT2D eigenvalue weighted by molar-refractivity contribution is 0.270. The number of aryl methyl sites for hydroxylation is 2. The highest BCUT2D eigenvalue weighted by atomic mass is 19.1. The van der Waals surface area contributed by atoms with E-state index in [-0.39, 0.29) is 17.5 Å². The van der Waals surface area contributed by atoms with Crippen LogP contribution in [0.1, 0.15) is 36.8 Å². The van der Waals surface area contributed by atoms with Crippen LogP contribution in [0.2, 0.25) is 0 Å². The summed E-state index contributed by atoms with van der Waals surface area (Å²) < 4.78 is 24.4. The van der Waals surface area contributed by atoms with Gasteiger partial charge in [0.05, 0.1) is 12.2 Å². The van der Waals surface area contributed by atoms with Gasteiger partial charge in [-0.05, 0) is 32.9 Å². The summed E-state index contributed by atoms with van der Waals surface area (Å²) in [4.78, 5) is 6.70. The van der Waals surface area contributed by atoms with E-state index in [1.54, 1.807) is 18.2 Å². The summed E-state index contributed by atoms with van der Waals surface area (Å²) in [5.74, 6) is 1.74. The Labute approximate surface area is 160 Å². The van der Waals surface area contributed by atoms with Crippen LogP contribution in [-0.2, 0) is 0 Å². The van der Waals surface area contributed by atoms with E-state index in [2.05, 4.69) is 17.4 Å². The molecular weight excluding hydrogens is 347 g/mol. The molecular formula is C20H29FN4O2. The van der Waals surface area contributed by atoms with Crippen molar-refractivity contribution in [2.75, 3.05) is 33.3 Å². The van der Waals surface area contributed by atoms with Gasteiger partial charge in [-0.1, -0.05) is 24.2 Å². The molecule has 0 bridgehead atoms. The van der Waals surface area contributed by atoms with E-state index in [0.29, 0.717) is 19.7 Å². The number of rotatable bonds is 8. The average molecular weight is 376 g/mol. The Morgan fingerprint density at radius 1 is 1.37 bits per heavy atom. The fraction of sp³-hybridized carbons (Fsp3) is 0.500. The molecule has 7 heteroatoms. The lowest BCUT2D eigenvalue weighted by atomic mass is 10.00. The number of likely N-dealkylation sites (N-methyl/N-ethyl adjacent to an activating group) is 1. The highest BCUT2D eigenvalue weighted by molar-refractivity contribution is 5.79. The van der Waals surface area contributed by atoms with Gasteiger partial charge in [0.15, 0.2) is 17.5 Å². The number of benzene rings is 1. The molecule has 0 amide bonds. The topological polar surface area (TPSA) is 62.9 Å². The van der Waals surface area contributed by atoms with Gasteiger partial charge in [-0.15, -0.1) is 0 Å². The zero-order chi connectivity index (χ0) is 19.8. The van der Waals surface area contributed by atoms with Crippen LogP contribution in [0.3, 0.4) is 0 Å². The fourth-order valence-electron chi connectivity index (χ4n) is 2.94.